The first kappa shape index (κ1) is 14.3. The molecule has 1 fully saturated rings. The molecule has 1 rings (SSSR count). The molecule has 0 radical (unpaired) electrons. The van der Waals surface area contributed by atoms with Crippen LogP contribution >= 0.6 is 0 Å². The van der Waals surface area contributed by atoms with Gasteiger partial charge in [0.1, 0.15) is 0 Å². The third-order valence-corrected chi connectivity index (χ3v) is 3.52. The van der Waals surface area contributed by atoms with E-state index < -0.39 is 0 Å². The lowest BCUT2D eigenvalue weighted by Crippen LogP contribution is -2.15. The van der Waals surface area contributed by atoms with E-state index in [4.69, 9.17) is 4.74 Å². The molecule has 0 spiro atoms. The minimum absolute atomic E-state index is 0.234. The van der Waals surface area contributed by atoms with Crippen LogP contribution in [0.25, 0.3) is 0 Å². The van der Waals surface area contributed by atoms with Crippen LogP contribution in [-0.2, 0) is 9.53 Å². The van der Waals surface area contributed by atoms with Crippen LogP contribution in [0.5, 0.6) is 0 Å². The van der Waals surface area contributed by atoms with Gasteiger partial charge in [-0.15, -0.1) is 0 Å². The third kappa shape index (κ3) is 6.50. The Hall–Kier alpha value is -0.790. The Balaban J connectivity index is 2.27. The van der Waals surface area contributed by atoms with Crippen molar-refractivity contribution in [3.63, 3.8) is 0 Å². The van der Waals surface area contributed by atoms with Crippen LogP contribution in [0.1, 0.15) is 64.7 Å². The maximum absolute atomic E-state index is 11.3. The smallest absolute Gasteiger partial charge is 0.333 e. The highest BCUT2D eigenvalue weighted by Crippen LogP contribution is 2.21. The van der Waals surface area contributed by atoms with E-state index in [1.165, 1.54) is 57.8 Å². The van der Waals surface area contributed by atoms with E-state index in [0.717, 1.165) is 0 Å². The number of carbonyl (C=O) groups excluding carboxylic acids is 1. The summed E-state index contributed by atoms with van der Waals surface area (Å²) in [5, 5.41) is 0. The standard InChI is InChI=1S/C15H26O2/c1-13(2)15(16)17-12-14-10-8-6-4-3-5-7-9-11-14/h14H,1,3-12H2,2H3. The van der Waals surface area contributed by atoms with E-state index >= 15 is 0 Å². The molecule has 0 unspecified atom stereocenters. The molecule has 0 heterocycles. The molecule has 0 bridgehead atoms. The Labute approximate surface area is 105 Å². The first-order valence-corrected chi connectivity index (χ1v) is 7.03. The predicted molar refractivity (Wildman–Crippen MR) is 70.8 cm³/mol. The largest absolute Gasteiger partial charge is 0.462 e. The van der Waals surface area contributed by atoms with Gasteiger partial charge >= 0.3 is 5.97 Å². The van der Waals surface area contributed by atoms with Crippen molar-refractivity contribution in [2.75, 3.05) is 6.61 Å². The molecule has 2 nitrogen and oxygen atoms in total. The van der Waals surface area contributed by atoms with E-state index in [0.29, 0.717) is 18.1 Å². The van der Waals surface area contributed by atoms with Gasteiger partial charge in [-0.05, 0) is 25.7 Å². The summed E-state index contributed by atoms with van der Waals surface area (Å²) in [6.07, 6.45) is 11.8. The molecule has 0 aromatic heterocycles. The second-order valence-electron chi connectivity index (χ2n) is 5.30. The minimum atomic E-state index is -0.234. The van der Waals surface area contributed by atoms with Gasteiger partial charge in [0.25, 0.3) is 0 Å². The van der Waals surface area contributed by atoms with Crippen molar-refractivity contribution in [1.29, 1.82) is 0 Å². The van der Waals surface area contributed by atoms with Crippen molar-refractivity contribution in [3.05, 3.63) is 12.2 Å². The minimum Gasteiger partial charge on any atom is -0.462 e. The average Bonchev–Trinajstić information content (AvgIpc) is 2.33. The Morgan fingerprint density at radius 2 is 1.53 bits per heavy atom. The summed E-state index contributed by atoms with van der Waals surface area (Å²) < 4.78 is 5.27. The predicted octanol–water partition coefficient (Wildman–Crippen LogP) is 4.25. The monoisotopic (exact) mass is 238 g/mol. The highest BCUT2D eigenvalue weighted by molar-refractivity contribution is 5.86. The van der Waals surface area contributed by atoms with Gasteiger partial charge < -0.3 is 4.74 Å². The first-order chi connectivity index (χ1) is 8.20. The van der Waals surface area contributed by atoms with Crippen LogP contribution in [0.4, 0.5) is 0 Å². The maximum atomic E-state index is 11.3. The highest BCUT2D eigenvalue weighted by atomic mass is 16.5. The summed E-state index contributed by atoms with van der Waals surface area (Å²) in [5.74, 6) is 0.332. The van der Waals surface area contributed by atoms with Crippen molar-refractivity contribution in [2.45, 2.75) is 64.7 Å². The molecule has 0 amide bonds. The van der Waals surface area contributed by atoms with Crippen molar-refractivity contribution in [1.82, 2.24) is 0 Å². The Morgan fingerprint density at radius 1 is 1.06 bits per heavy atom. The normalized spacial score (nSPS) is 19.6. The van der Waals surface area contributed by atoms with Gasteiger partial charge in [0.05, 0.1) is 6.61 Å². The summed E-state index contributed by atoms with van der Waals surface area (Å²) in [7, 11) is 0. The van der Waals surface area contributed by atoms with Crippen molar-refractivity contribution < 1.29 is 9.53 Å². The number of hydrogen-bond acceptors (Lipinski definition) is 2. The fourth-order valence-corrected chi connectivity index (χ4v) is 2.38. The molecule has 0 aromatic carbocycles. The number of ether oxygens (including phenoxy) is 1. The zero-order valence-corrected chi connectivity index (χ0v) is 11.2. The van der Waals surface area contributed by atoms with Gasteiger partial charge in [-0.1, -0.05) is 51.5 Å². The molecule has 1 saturated carbocycles. The van der Waals surface area contributed by atoms with E-state index in [9.17, 15) is 4.79 Å². The molecule has 0 saturated heterocycles. The van der Waals surface area contributed by atoms with Crippen molar-refractivity contribution >= 4 is 5.97 Å². The van der Waals surface area contributed by atoms with Gasteiger partial charge in [0, 0.05) is 5.57 Å². The molecular formula is C15H26O2. The molecule has 1 aliphatic carbocycles. The molecule has 98 valence electrons. The summed E-state index contributed by atoms with van der Waals surface area (Å²) in [4.78, 5) is 11.3. The molecule has 0 N–H and O–H groups in total. The quantitative estimate of drug-likeness (QED) is 0.543. The summed E-state index contributed by atoms with van der Waals surface area (Å²) in [6, 6.07) is 0. The third-order valence-electron chi connectivity index (χ3n) is 3.52. The van der Waals surface area contributed by atoms with Crippen molar-refractivity contribution in [3.8, 4) is 0 Å². The molecule has 0 aliphatic heterocycles. The van der Waals surface area contributed by atoms with Crippen molar-refractivity contribution in [2.24, 2.45) is 5.92 Å². The lowest BCUT2D eigenvalue weighted by atomic mass is 9.93. The van der Waals surface area contributed by atoms with Gasteiger partial charge in [-0.3, -0.25) is 0 Å². The van der Waals surface area contributed by atoms with Gasteiger partial charge in [-0.25, -0.2) is 4.79 Å². The summed E-state index contributed by atoms with van der Waals surface area (Å²) >= 11 is 0. The SMILES string of the molecule is C=C(C)C(=O)OCC1CCCCCCCCC1. The molecular weight excluding hydrogens is 212 g/mol. The fourth-order valence-electron chi connectivity index (χ4n) is 2.38. The summed E-state index contributed by atoms with van der Waals surface area (Å²) in [5.41, 5.74) is 0.505. The Morgan fingerprint density at radius 3 is 2.00 bits per heavy atom. The van der Waals surface area contributed by atoms with E-state index in [1.54, 1.807) is 6.92 Å². The lowest BCUT2D eigenvalue weighted by molar-refractivity contribution is -0.140. The molecule has 17 heavy (non-hydrogen) atoms. The average molecular weight is 238 g/mol. The molecule has 2 heteroatoms. The second kappa shape index (κ2) is 8.32. The van der Waals surface area contributed by atoms with Crippen LogP contribution in [0.15, 0.2) is 12.2 Å². The van der Waals surface area contributed by atoms with Crippen LogP contribution in [0.3, 0.4) is 0 Å². The molecule has 0 aromatic rings. The number of rotatable bonds is 3. The van der Waals surface area contributed by atoms with Gasteiger partial charge in [-0.2, -0.15) is 0 Å². The fraction of sp³-hybridized carbons (Fsp3) is 0.800. The van der Waals surface area contributed by atoms with Gasteiger partial charge in [0.15, 0.2) is 0 Å². The molecule has 1 aliphatic rings. The van der Waals surface area contributed by atoms with E-state index in [-0.39, 0.29) is 5.97 Å². The first-order valence-electron chi connectivity index (χ1n) is 7.03. The van der Waals surface area contributed by atoms with Crippen LogP contribution in [0.2, 0.25) is 0 Å². The highest BCUT2D eigenvalue weighted by Gasteiger charge is 2.13. The van der Waals surface area contributed by atoms with E-state index in [2.05, 4.69) is 6.58 Å². The zero-order chi connectivity index (χ0) is 12.5. The maximum Gasteiger partial charge on any atom is 0.333 e. The number of hydrogen-bond donors (Lipinski definition) is 0. The summed E-state index contributed by atoms with van der Waals surface area (Å²) in [6.45, 7) is 5.90. The van der Waals surface area contributed by atoms with Crippen LogP contribution < -0.4 is 0 Å². The second-order valence-corrected chi connectivity index (χ2v) is 5.30. The number of esters is 1. The van der Waals surface area contributed by atoms with Gasteiger partial charge in [0.2, 0.25) is 0 Å². The number of carbonyl (C=O) groups is 1. The van der Waals surface area contributed by atoms with E-state index in [1.807, 2.05) is 0 Å². The van der Waals surface area contributed by atoms with Crippen LogP contribution in [0, 0.1) is 5.92 Å². The Bertz CT molecular complexity index is 235. The zero-order valence-electron chi connectivity index (χ0n) is 11.2. The lowest BCUT2D eigenvalue weighted by Gasteiger charge is -2.18. The topological polar surface area (TPSA) is 26.3 Å². The molecule has 0 atom stereocenters. The Kier molecular flexibility index (Phi) is 6.99. The van der Waals surface area contributed by atoms with Crippen LogP contribution in [-0.4, -0.2) is 12.6 Å².